The lowest BCUT2D eigenvalue weighted by molar-refractivity contribution is 0.414. The van der Waals surface area contributed by atoms with Crippen LogP contribution >= 0.6 is 0 Å². The first-order valence-corrected chi connectivity index (χ1v) is 11.4. The number of methoxy groups -OCH3 is 1. The maximum Gasteiger partial charge on any atom is 0.212 e. The molecule has 0 saturated heterocycles. The average Bonchev–Trinajstić information content (AvgIpc) is 3.12. The number of fused-ring (bicyclic) bond motifs is 2. The molecule has 2 N–H and O–H groups in total. The van der Waals surface area contributed by atoms with E-state index in [1.54, 1.807) is 55.0 Å². The number of rotatable bonds is 5. The zero-order chi connectivity index (χ0) is 23.0. The minimum absolute atomic E-state index is 0.0575. The van der Waals surface area contributed by atoms with Crippen LogP contribution in [0.15, 0.2) is 87.9 Å². The van der Waals surface area contributed by atoms with Crippen molar-refractivity contribution in [1.29, 1.82) is 0 Å². The highest BCUT2D eigenvalue weighted by atomic mass is 32.2. The standard InChI is InChI=1S/C23H18N6O3S/c1-32-16-6-8-17(9-7-16)33(30,31)21-20-23(28-19-5-3-2-4-18(19)27-20)29(22(21)24)26-14-15-10-12-25-13-11-15/h2-14H,24H2,1H3. The van der Waals surface area contributed by atoms with Crippen molar-refractivity contribution >= 4 is 44.1 Å². The van der Waals surface area contributed by atoms with E-state index in [-0.39, 0.29) is 26.8 Å². The highest BCUT2D eigenvalue weighted by molar-refractivity contribution is 7.92. The zero-order valence-electron chi connectivity index (χ0n) is 17.5. The van der Waals surface area contributed by atoms with Crippen LogP contribution in [0.25, 0.3) is 22.2 Å². The summed E-state index contributed by atoms with van der Waals surface area (Å²) >= 11 is 0. The number of nitrogens with two attached hydrogens (primary N) is 1. The molecule has 0 atom stereocenters. The van der Waals surface area contributed by atoms with E-state index < -0.39 is 9.84 Å². The van der Waals surface area contributed by atoms with Crippen LogP contribution in [0.5, 0.6) is 5.75 Å². The summed E-state index contributed by atoms with van der Waals surface area (Å²) in [6, 6.07) is 16.8. The van der Waals surface area contributed by atoms with E-state index in [4.69, 9.17) is 10.5 Å². The topological polar surface area (TPSA) is 125 Å². The number of aromatic nitrogens is 4. The Morgan fingerprint density at radius 1 is 0.970 bits per heavy atom. The summed E-state index contributed by atoms with van der Waals surface area (Å²) in [7, 11) is -2.53. The van der Waals surface area contributed by atoms with Crippen molar-refractivity contribution in [1.82, 2.24) is 19.6 Å². The maximum absolute atomic E-state index is 13.6. The van der Waals surface area contributed by atoms with Crippen LogP contribution in [0.2, 0.25) is 0 Å². The monoisotopic (exact) mass is 458 g/mol. The Morgan fingerprint density at radius 2 is 1.64 bits per heavy atom. The van der Waals surface area contributed by atoms with E-state index in [9.17, 15) is 8.42 Å². The van der Waals surface area contributed by atoms with Gasteiger partial charge in [-0.3, -0.25) is 4.98 Å². The van der Waals surface area contributed by atoms with Gasteiger partial charge in [0.25, 0.3) is 0 Å². The first-order chi connectivity index (χ1) is 16.0. The van der Waals surface area contributed by atoms with E-state index in [1.165, 1.54) is 23.9 Å². The molecule has 5 rings (SSSR count). The molecule has 0 aliphatic heterocycles. The summed E-state index contributed by atoms with van der Waals surface area (Å²) in [5.74, 6) is 0.457. The molecule has 0 amide bonds. The molecule has 10 heteroatoms. The number of anilines is 1. The van der Waals surface area contributed by atoms with Crippen molar-refractivity contribution in [2.45, 2.75) is 9.79 Å². The number of nitrogen functional groups attached to an aromatic ring is 1. The molecule has 164 valence electrons. The molecule has 0 aliphatic carbocycles. The molecule has 0 spiro atoms. The van der Waals surface area contributed by atoms with Gasteiger partial charge in [-0.25, -0.2) is 18.4 Å². The van der Waals surface area contributed by atoms with Crippen LogP contribution in [-0.4, -0.2) is 41.4 Å². The number of hydrogen-bond acceptors (Lipinski definition) is 8. The summed E-state index contributed by atoms with van der Waals surface area (Å²) in [5, 5.41) is 4.42. The van der Waals surface area contributed by atoms with Gasteiger partial charge in [-0.2, -0.15) is 9.78 Å². The summed E-state index contributed by atoms with van der Waals surface area (Å²) in [5.41, 5.74) is 8.67. The quantitative estimate of drug-likeness (QED) is 0.401. The molecule has 3 aromatic heterocycles. The van der Waals surface area contributed by atoms with Crippen LogP contribution in [0, 0.1) is 0 Å². The van der Waals surface area contributed by atoms with Crippen LogP contribution in [-0.2, 0) is 9.84 Å². The number of ether oxygens (including phenoxy) is 1. The molecule has 2 aromatic carbocycles. The minimum Gasteiger partial charge on any atom is -0.497 e. The Morgan fingerprint density at radius 3 is 2.30 bits per heavy atom. The second-order valence-electron chi connectivity index (χ2n) is 7.11. The smallest absolute Gasteiger partial charge is 0.212 e. The highest BCUT2D eigenvalue weighted by Gasteiger charge is 2.30. The molecule has 0 bridgehead atoms. The van der Waals surface area contributed by atoms with Crippen LogP contribution in [0.1, 0.15) is 5.56 Å². The van der Waals surface area contributed by atoms with Gasteiger partial charge in [0, 0.05) is 12.4 Å². The molecule has 0 unspecified atom stereocenters. The second-order valence-corrected chi connectivity index (χ2v) is 9.00. The Kier molecular flexibility index (Phi) is 4.98. The van der Waals surface area contributed by atoms with Gasteiger partial charge < -0.3 is 10.5 Å². The number of pyridine rings is 1. The number of benzene rings is 2. The Bertz CT molecular complexity index is 1610. The van der Waals surface area contributed by atoms with Crippen molar-refractivity contribution in [2.24, 2.45) is 5.10 Å². The van der Waals surface area contributed by atoms with Gasteiger partial charge in [-0.1, -0.05) is 12.1 Å². The largest absolute Gasteiger partial charge is 0.497 e. The predicted octanol–water partition coefficient (Wildman–Crippen LogP) is 3.29. The SMILES string of the molecule is COc1ccc(S(=O)(=O)c2c(N)n(N=Cc3ccncc3)c3nc4ccccc4nc23)cc1. The first kappa shape index (κ1) is 20.6. The number of hydrogen-bond donors (Lipinski definition) is 1. The minimum atomic E-state index is -4.04. The highest BCUT2D eigenvalue weighted by Crippen LogP contribution is 2.35. The number of para-hydroxylation sites is 2. The van der Waals surface area contributed by atoms with E-state index in [0.717, 1.165) is 5.56 Å². The Balaban J connectivity index is 1.78. The van der Waals surface area contributed by atoms with Gasteiger partial charge in [0.2, 0.25) is 9.84 Å². The summed E-state index contributed by atoms with van der Waals surface area (Å²) < 4.78 is 33.7. The summed E-state index contributed by atoms with van der Waals surface area (Å²) in [6.07, 6.45) is 4.81. The van der Waals surface area contributed by atoms with Crippen molar-refractivity contribution in [3.63, 3.8) is 0 Å². The lowest BCUT2D eigenvalue weighted by Crippen LogP contribution is -2.06. The first-order valence-electron chi connectivity index (χ1n) is 9.89. The Labute approximate surface area is 189 Å². The van der Waals surface area contributed by atoms with Gasteiger partial charge in [0.15, 0.2) is 5.65 Å². The summed E-state index contributed by atoms with van der Waals surface area (Å²) in [6.45, 7) is 0. The molecule has 0 fully saturated rings. The summed E-state index contributed by atoms with van der Waals surface area (Å²) in [4.78, 5) is 13.1. The average molecular weight is 459 g/mol. The lowest BCUT2D eigenvalue weighted by atomic mass is 10.3. The normalized spacial score (nSPS) is 12.0. The molecule has 5 aromatic rings. The van der Waals surface area contributed by atoms with E-state index >= 15 is 0 Å². The van der Waals surface area contributed by atoms with Gasteiger partial charge in [-0.05, 0) is 54.1 Å². The molecule has 9 nitrogen and oxygen atoms in total. The fraction of sp³-hybridized carbons (Fsp3) is 0.0435. The van der Waals surface area contributed by atoms with E-state index in [1.807, 2.05) is 12.1 Å². The van der Waals surface area contributed by atoms with E-state index in [0.29, 0.717) is 16.8 Å². The van der Waals surface area contributed by atoms with Crippen molar-refractivity contribution in [3.05, 3.63) is 78.6 Å². The Hall–Kier alpha value is -4.31. The van der Waals surface area contributed by atoms with Crippen LogP contribution in [0.3, 0.4) is 0 Å². The molecule has 0 saturated carbocycles. The third-order valence-corrected chi connectivity index (χ3v) is 6.93. The second kappa shape index (κ2) is 7.99. The van der Waals surface area contributed by atoms with Crippen LogP contribution < -0.4 is 10.5 Å². The fourth-order valence-electron chi connectivity index (χ4n) is 3.45. The van der Waals surface area contributed by atoms with Gasteiger partial charge >= 0.3 is 0 Å². The molecule has 0 aliphatic rings. The predicted molar refractivity (Wildman–Crippen MR) is 125 cm³/mol. The molecular weight excluding hydrogens is 440 g/mol. The van der Waals surface area contributed by atoms with Crippen molar-refractivity contribution < 1.29 is 13.2 Å². The van der Waals surface area contributed by atoms with Crippen LogP contribution in [0.4, 0.5) is 5.82 Å². The fourth-order valence-corrected chi connectivity index (χ4v) is 4.93. The number of sulfone groups is 1. The van der Waals surface area contributed by atoms with E-state index in [2.05, 4.69) is 20.1 Å². The molecule has 3 heterocycles. The number of nitrogens with zero attached hydrogens (tertiary/aromatic N) is 5. The lowest BCUT2D eigenvalue weighted by Gasteiger charge is -2.06. The third-order valence-electron chi connectivity index (χ3n) is 5.10. The molecule has 33 heavy (non-hydrogen) atoms. The molecule has 0 radical (unpaired) electrons. The van der Waals surface area contributed by atoms with Gasteiger partial charge in [-0.15, -0.1) is 0 Å². The van der Waals surface area contributed by atoms with Crippen molar-refractivity contribution in [3.8, 4) is 5.75 Å². The zero-order valence-corrected chi connectivity index (χ0v) is 18.3. The van der Waals surface area contributed by atoms with Gasteiger partial charge in [0.1, 0.15) is 22.0 Å². The van der Waals surface area contributed by atoms with Crippen molar-refractivity contribution in [2.75, 3.05) is 12.8 Å². The van der Waals surface area contributed by atoms with Gasteiger partial charge in [0.05, 0.1) is 29.3 Å². The molecular formula is C23H18N6O3S. The third kappa shape index (κ3) is 3.56. The maximum atomic E-state index is 13.6.